The van der Waals surface area contributed by atoms with Crippen LogP contribution in [0.2, 0.25) is 0 Å². The summed E-state index contributed by atoms with van der Waals surface area (Å²) in [6.07, 6.45) is 3.54. The second-order valence-electron chi connectivity index (χ2n) is 5.04. The molecule has 0 saturated carbocycles. The number of ether oxygens (including phenoxy) is 1. The number of amides is 1. The molecule has 0 aromatic carbocycles. The third kappa shape index (κ3) is 4.50. The minimum absolute atomic E-state index is 0.0824. The first-order valence-electron chi connectivity index (χ1n) is 7.27. The van der Waals surface area contributed by atoms with Gasteiger partial charge in [-0.25, -0.2) is 9.78 Å². The van der Waals surface area contributed by atoms with Crippen molar-refractivity contribution in [1.82, 2.24) is 9.88 Å². The molecule has 0 spiro atoms. The zero-order valence-corrected chi connectivity index (χ0v) is 13.3. The molecule has 1 aromatic heterocycles. The highest BCUT2D eigenvalue weighted by molar-refractivity contribution is 7.17. The number of rotatable bonds is 5. The van der Waals surface area contributed by atoms with Crippen molar-refractivity contribution >= 4 is 28.3 Å². The Morgan fingerprint density at radius 1 is 1.33 bits per heavy atom. The molecule has 0 atom stereocenters. The molecule has 1 N–H and O–H groups in total. The number of nitrogens with one attached hydrogen (secondary N) is 1. The molecule has 0 bridgehead atoms. The third-order valence-corrected chi connectivity index (χ3v) is 4.37. The van der Waals surface area contributed by atoms with E-state index in [1.54, 1.807) is 13.8 Å². The number of likely N-dealkylation sites (tertiary alicyclic amines) is 1. The van der Waals surface area contributed by atoms with Crippen molar-refractivity contribution in [3.8, 4) is 0 Å². The Kier molecular flexibility index (Phi) is 5.69. The molecule has 0 unspecified atom stereocenters. The SMILES string of the molecule is CCOC(=O)c1sc(NC(=O)CN2CCCCC2)nc1C. The maximum Gasteiger partial charge on any atom is 0.350 e. The number of nitrogens with zero attached hydrogens (tertiary/aromatic N) is 2. The lowest BCUT2D eigenvalue weighted by Gasteiger charge is -2.25. The quantitative estimate of drug-likeness (QED) is 0.843. The van der Waals surface area contributed by atoms with E-state index < -0.39 is 0 Å². The summed E-state index contributed by atoms with van der Waals surface area (Å²) in [5.74, 6) is -0.468. The van der Waals surface area contributed by atoms with Crippen LogP contribution in [0.4, 0.5) is 5.13 Å². The predicted octanol–water partition coefficient (Wildman–Crippen LogP) is 2.05. The number of aromatic nitrogens is 1. The van der Waals surface area contributed by atoms with Crippen molar-refractivity contribution in [1.29, 1.82) is 0 Å². The van der Waals surface area contributed by atoms with Crippen molar-refractivity contribution in [2.75, 3.05) is 31.6 Å². The largest absolute Gasteiger partial charge is 0.462 e. The van der Waals surface area contributed by atoms with Gasteiger partial charge in [-0.3, -0.25) is 9.69 Å². The third-order valence-electron chi connectivity index (χ3n) is 3.32. The highest BCUT2D eigenvalue weighted by Gasteiger charge is 2.19. The van der Waals surface area contributed by atoms with Crippen LogP contribution < -0.4 is 5.32 Å². The van der Waals surface area contributed by atoms with E-state index in [0.29, 0.717) is 28.9 Å². The van der Waals surface area contributed by atoms with E-state index in [9.17, 15) is 9.59 Å². The Morgan fingerprint density at radius 2 is 2.05 bits per heavy atom. The first-order valence-corrected chi connectivity index (χ1v) is 8.08. The van der Waals surface area contributed by atoms with Crippen LogP contribution in [0.25, 0.3) is 0 Å². The van der Waals surface area contributed by atoms with E-state index >= 15 is 0 Å². The summed E-state index contributed by atoms with van der Waals surface area (Å²) in [5.41, 5.74) is 0.590. The standard InChI is InChI=1S/C14H21N3O3S/c1-3-20-13(19)12-10(2)15-14(21-12)16-11(18)9-17-7-5-4-6-8-17/h3-9H2,1-2H3,(H,15,16,18). The van der Waals surface area contributed by atoms with Crippen LogP contribution >= 0.6 is 11.3 Å². The van der Waals surface area contributed by atoms with Crippen LogP contribution in [0.5, 0.6) is 0 Å². The van der Waals surface area contributed by atoms with Gasteiger partial charge in [0.1, 0.15) is 4.88 Å². The van der Waals surface area contributed by atoms with Gasteiger partial charge in [-0.2, -0.15) is 0 Å². The van der Waals surface area contributed by atoms with Gasteiger partial charge >= 0.3 is 5.97 Å². The molecule has 1 aliphatic heterocycles. The minimum atomic E-state index is -0.385. The van der Waals surface area contributed by atoms with E-state index in [0.717, 1.165) is 37.3 Å². The summed E-state index contributed by atoms with van der Waals surface area (Å²) in [6.45, 7) is 6.15. The molecule has 0 radical (unpaired) electrons. The minimum Gasteiger partial charge on any atom is -0.462 e. The van der Waals surface area contributed by atoms with Gasteiger partial charge in [0.15, 0.2) is 5.13 Å². The van der Waals surface area contributed by atoms with Gasteiger partial charge in [-0.1, -0.05) is 17.8 Å². The second-order valence-corrected chi connectivity index (χ2v) is 6.04. The number of aryl methyl sites for hydroxylation is 1. The summed E-state index contributed by atoms with van der Waals surface area (Å²) in [6, 6.07) is 0. The molecule has 1 aliphatic rings. The lowest BCUT2D eigenvalue weighted by Crippen LogP contribution is -2.36. The van der Waals surface area contributed by atoms with E-state index in [2.05, 4.69) is 15.2 Å². The maximum atomic E-state index is 12.0. The van der Waals surface area contributed by atoms with E-state index in [1.165, 1.54) is 6.42 Å². The number of piperidine rings is 1. The Balaban J connectivity index is 1.91. The topological polar surface area (TPSA) is 71.5 Å². The summed E-state index contributed by atoms with van der Waals surface area (Å²) in [5, 5.41) is 3.22. The molecular formula is C14H21N3O3S. The lowest BCUT2D eigenvalue weighted by molar-refractivity contribution is -0.117. The molecule has 1 amide bonds. The van der Waals surface area contributed by atoms with Crippen LogP contribution in [0.1, 0.15) is 41.6 Å². The Labute approximate surface area is 128 Å². The van der Waals surface area contributed by atoms with E-state index in [-0.39, 0.29) is 11.9 Å². The molecule has 2 heterocycles. The summed E-state index contributed by atoms with van der Waals surface area (Å²) in [7, 11) is 0. The molecule has 21 heavy (non-hydrogen) atoms. The van der Waals surface area contributed by atoms with Gasteiger partial charge in [0.2, 0.25) is 5.91 Å². The normalized spacial score (nSPS) is 15.7. The highest BCUT2D eigenvalue weighted by atomic mass is 32.1. The smallest absolute Gasteiger partial charge is 0.350 e. The van der Waals surface area contributed by atoms with Crippen LogP contribution in [0, 0.1) is 6.92 Å². The number of hydrogen-bond acceptors (Lipinski definition) is 6. The van der Waals surface area contributed by atoms with Crippen molar-refractivity contribution in [2.24, 2.45) is 0 Å². The average molecular weight is 311 g/mol. The van der Waals surface area contributed by atoms with Crippen molar-refractivity contribution < 1.29 is 14.3 Å². The Hall–Kier alpha value is -1.47. The van der Waals surface area contributed by atoms with Gasteiger partial charge in [0, 0.05) is 0 Å². The molecule has 1 fully saturated rings. The molecule has 116 valence electrons. The van der Waals surface area contributed by atoms with Crippen molar-refractivity contribution in [3.63, 3.8) is 0 Å². The fraction of sp³-hybridized carbons (Fsp3) is 0.643. The predicted molar refractivity (Wildman–Crippen MR) is 81.7 cm³/mol. The number of esters is 1. The van der Waals surface area contributed by atoms with Crippen LogP contribution in [0.3, 0.4) is 0 Å². The average Bonchev–Trinajstić information content (AvgIpc) is 2.80. The molecular weight excluding hydrogens is 290 g/mol. The van der Waals surface area contributed by atoms with E-state index in [1.807, 2.05) is 0 Å². The molecule has 1 saturated heterocycles. The lowest BCUT2D eigenvalue weighted by atomic mass is 10.1. The van der Waals surface area contributed by atoms with Crippen LogP contribution in [-0.4, -0.2) is 48.0 Å². The maximum absolute atomic E-state index is 12.0. The fourth-order valence-electron chi connectivity index (χ4n) is 2.32. The summed E-state index contributed by atoms with van der Waals surface area (Å²) >= 11 is 1.16. The first kappa shape index (κ1) is 15.9. The zero-order chi connectivity index (χ0) is 15.2. The molecule has 1 aromatic rings. The number of carbonyl (C=O) groups is 2. The van der Waals surface area contributed by atoms with Gasteiger partial charge in [0.05, 0.1) is 18.8 Å². The highest BCUT2D eigenvalue weighted by Crippen LogP contribution is 2.23. The van der Waals surface area contributed by atoms with Crippen molar-refractivity contribution in [2.45, 2.75) is 33.1 Å². The monoisotopic (exact) mass is 311 g/mol. The second kappa shape index (κ2) is 7.51. The van der Waals surface area contributed by atoms with Gasteiger partial charge < -0.3 is 10.1 Å². The van der Waals surface area contributed by atoms with Gasteiger partial charge in [-0.15, -0.1) is 0 Å². The Morgan fingerprint density at radius 3 is 2.71 bits per heavy atom. The number of hydrogen-bond donors (Lipinski definition) is 1. The van der Waals surface area contributed by atoms with Crippen LogP contribution in [0.15, 0.2) is 0 Å². The number of anilines is 1. The van der Waals surface area contributed by atoms with Crippen molar-refractivity contribution in [3.05, 3.63) is 10.6 Å². The van der Waals surface area contributed by atoms with Gasteiger partial charge in [-0.05, 0) is 39.8 Å². The number of carbonyl (C=O) groups excluding carboxylic acids is 2. The summed E-state index contributed by atoms with van der Waals surface area (Å²) < 4.78 is 4.96. The van der Waals surface area contributed by atoms with Crippen LogP contribution in [-0.2, 0) is 9.53 Å². The Bertz CT molecular complexity index is 510. The zero-order valence-electron chi connectivity index (χ0n) is 12.5. The molecule has 0 aliphatic carbocycles. The summed E-state index contributed by atoms with van der Waals surface area (Å²) in [4.78, 5) is 30.5. The van der Waals surface area contributed by atoms with E-state index in [4.69, 9.17) is 4.74 Å². The molecule has 6 nitrogen and oxygen atoms in total. The van der Waals surface area contributed by atoms with Gasteiger partial charge in [0.25, 0.3) is 0 Å². The molecule has 7 heteroatoms. The fourth-order valence-corrected chi connectivity index (χ4v) is 3.19. The first-order chi connectivity index (χ1) is 10.1. The number of thiazole rings is 1. The molecule has 2 rings (SSSR count).